The highest BCUT2D eigenvalue weighted by Gasteiger charge is 2.40. The molecule has 6 heteroatoms. The third-order valence-corrected chi connectivity index (χ3v) is 2.76. The van der Waals surface area contributed by atoms with Crippen molar-refractivity contribution in [1.82, 2.24) is 5.32 Å². The summed E-state index contributed by atoms with van der Waals surface area (Å²) >= 11 is 0. The lowest BCUT2D eigenvalue weighted by molar-refractivity contribution is -0.145. The third-order valence-electron chi connectivity index (χ3n) is 2.76. The quantitative estimate of drug-likeness (QED) is 0.733. The van der Waals surface area contributed by atoms with Crippen LogP contribution in [0.5, 0.6) is 0 Å². The van der Waals surface area contributed by atoms with E-state index in [0.717, 1.165) is 12.8 Å². The van der Waals surface area contributed by atoms with Crippen molar-refractivity contribution in [3.05, 3.63) is 0 Å². The van der Waals surface area contributed by atoms with Crippen LogP contribution in [0.1, 0.15) is 40.5 Å². The minimum absolute atomic E-state index is 0.229. The molecular weight excluding hydrogens is 248 g/mol. The molecule has 3 N–H and O–H groups in total. The summed E-state index contributed by atoms with van der Waals surface area (Å²) in [7, 11) is 0. The first-order chi connectivity index (χ1) is 8.74. The SMILES string of the molecule is CCOC(=O)[C@@H](N)[C@H](NC(=O)OC(C)(C)C)C1CC1. The molecular formula is C13H24N2O4. The maximum Gasteiger partial charge on any atom is 0.407 e. The van der Waals surface area contributed by atoms with E-state index in [9.17, 15) is 9.59 Å². The van der Waals surface area contributed by atoms with Gasteiger partial charge in [-0.3, -0.25) is 4.79 Å². The standard InChI is InChI=1S/C13H24N2O4/c1-5-18-11(16)9(14)10(8-6-7-8)15-12(17)19-13(2,3)4/h8-10H,5-7,14H2,1-4H3,(H,15,17)/t9-,10+/m0/s1. The second kappa shape index (κ2) is 6.23. The molecule has 1 aliphatic carbocycles. The molecule has 1 amide bonds. The first kappa shape index (κ1) is 15.8. The van der Waals surface area contributed by atoms with Gasteiger partial charge >= 0.3 is 12.1 Å². The predicted octanol–water partition coefficient (Wildman–Crippen LogP) is 1.18. The molecule has 2 atom stereocenters. The van der Waals surface area contributed by atoms with Crippen molar-refractivity contribution in [2.45, 2.75) is 58.2 Å². The Bertz CT molecular complexity index is 334. The molecule has 0 heterocycles. The monoisotopic (exact) mass is 272 g/mol. The van der Waals surface area contributed by atoms with E-state index in [1.54, 1.807) is 27.7 Å². The fourth-order valence-electron chi connectivity index (χ4n) is 1.78. The van der Waals surface area contributed by atoms with Crippen LogP contribution in [-0.2, 0) is 14.3 Å². The average Bonchev–Trinajstić information content (AvgIpc) is 3.06. The molecule has 1 saturated carbocycles. The minimum atomic E-state index is -0.847. The number of esters is 1. The largest absolute Gasteiger partial charge is 0.465 e. The Morgan fingerprint density at radius 2 is 1.95 bits per heavy atom. The number of hydrogen-bond donors (Lipinski definition) is 2. The smallest absolute Gasteiger partial charge is 0.407 e. The fraction of sp³-hybridized carbons (Fsp3) is 0.846. The summed E-state index contributed by atoms with van der Waals surface area (Å²) in [4.78, 5) is 23.4. The van der Waals surface area contributed by atoms with Crippen molar-refractivity contribution >= 4 is 12.1 Å². The Kier molecular flexibility index (Phi) is 5.17. The molecule has 0 spiro atoms. The van der Waals surface area contributed by atoms with Crippen LogP contribution in [0.15, 0.2) is 0 Å². The lowest BCUT2D eigenvalue weighted by Gasteiger charge is -2.26. The zero-order chi connectivity index (χ0) is 14.6. The first-order valence-corrected chi connectivity index (χ1v) is 6.66. The molecule has 0 aromatic heterocycles. The Labute approximate surface area is 114 Å². The van der Waals surface area contributed by atoms with Crippen molar-refractivity contribution in [3.63, 3.8) is 0 Å². The molecule has 0 aliphatic heterocycles. The lowest BCUT2D eigenvalue weighted by Crippen LogP contribution is -2.54. The molecule has 0 unspecified atom stereocenters. The predicted molar refractivity (Wildman–Crippen MR) is 70.5 cm³/mol. The summed E-state index contributed by atoms with van der Waals surface area (Å²) in [6, 6.07) is -1.27. The van der Waals surface area contributed by atoms with E-state index in [1.165, 1.54) is 0 Å². The molecule has 1 aliphatic rings. The van der Waals surface area contributed by atoms with Gasteiger partial charge in [0.25, 0.3) is 0 Å². The highest BCUT2D eigenvalue weighted by atomic mass is 16.6. The van der Waals surface area contributed by atoms with Crippen LogP contribution < -0.4 is 11.1 Å². The second-order valence-electron chi connectivity index (χ2n) is 5.79. The molecule has 1 rings (SSSR count). The van der Waals surface area contributed by atoms with Crippen LogP contribution in [0.2, 0.25) is 0 Å². The second-order valence-corrected chi connectivity index (χ2v) is 5.79. The Hall–Kier alpha value is -1.30. The van der Waals surface area contributed by atoms with Gasteiger partial charge in [-0.15, -0.1) is 0 Å². The Morgan fingerprint density at radius 3 is 2.37 bits per heavy atom. The average molecular weight is 272 g/mol. The van der Waals surface area contributed by atoms with Crippen molar-refractivity contribution < 1.29 is 19.1 Å². The van der Waals surface area contributed by atoms with Crippen molar-refractivity contribution in [2.75, 3.05) is 6.61 Å². The number of hydrogen-bond acceptors (Lipinski definition) is 5. The molecule has 0 saturated heterocycles. The lowest BCUT2D eigenvalue weighted by atomic mass is 10.0. The van der Waals surface area contributed by atoms with Gasteiger partial charge in [0.05, 0.1) is 12.6 Å². The summed E-state index contributed by atoms with van der Waals surface area (Å²) in [6.45, 7) is 7.34. The van der Waals surface area contributed by atoms with Gasteiger partial charge in [-0.25, -0.2) is 4.79 Å². The molecule has 0 bridgehead atoms. The number of rotatable bonds is 5. The van der Waals surface area contributed by atoms with Gasteiger partial charge < -0.3 is 20.5 Å². The molecule has 0 radical (unpaired) electrons. The molecule has 110 valence electrons. The maximum absolute atomic E-state index is 11.7. The van der Waals surface area contributed by atoms with Crippen molar-refractivity contribution in [3.8, 4) is 0 Å². The van der Waals surface area contributed by atoms with Crippen molar-refractivity contribution in [2.24, 2.45) is 11.7 Å². The highest BCUT2D eigenvalue weighted by molar-refractivity contribution is 5.78. The number of nitrogens with one attached hydrogen (secondary N) is 1. The molecule has 0 aromatic rings. The third kappa shape index (κ3) is 5.46. The van der Waals surface area contributed by atoms with Gasteiger partial charge in [0.2, 0.25) is 0 Å². The Balaban J connectivity index is 2.58. The van der Waals surface area contributed by atoms with Gasteiger partial charge in [0.15, 0.2) is 0 Å². The van der Waals surface area contributed by atoms with Crippen LogP contribution in [0.4, 0.5) is 4.79 Å². The summed E-state index contributed by atoms with van der Waals surface area (Å²) in [5.74, 6) is -0.262. The number of nitrogens with two attached hydrogens (primary N) is 1. The number of amides is 1. The van der Waals surface area contributed by atoms with E-state index in [0.29, 0.717) is 0 Å². The Morgan fingerprint density at radius 1 is 1.37 bits per heavy atom. The fourth-order valence-corrected chi connectivity index (χ4v) is 1.78. The van der Waals surface area contributed by atoms with Gasteiger partial charge in [-0.1, -0.05) is 0 Å². The first-order valence-electron chi connectivity index (χ1n) is 6.66. The summed E-state index contributed by atoms with van der Waals surface area (Å²) < 4.78 is 10.1. The van der Waals surface area contributed by atoms with E-state index in [-0.39, 0.29) is 12.5 Å². The molecule has 1 fully saturated rings. The minimum Gasteiger partial charge on any atom is -0.465 e. The maximum atomic E-state index is 11.7. The molecule has 6 nitrogen and oxygen atoms in total. The molecule has 0 aromatic carbocycles. The zero-order valence-electron chi connectivity index (χ0n) is 12.1. The highest BCUT2D eigenvalue weighted by Crippen LogP contribution is 2.34. The van der Waals surface area contributed by atoms with Crippen LogP contribution in [-0.4, -0.2) is 36.4 Å². The van der Waals surface area contributed by atoms with Crippen LogP contribution in [0, 0.1) is 5.92 Å². The van der Waals surface area contributed by atoms with Crippen LogP contribution >= 0.6 is 0 Å². The van der Waals surface area contributed by atoms with Crippen LogP contribution in [0.25, 0.3) is 0 Å². The number of carbonyl (C=O) groups excluding carboxylic acids is 2. The van der Waals surface area contributed by atoms with E-state index in [1.807, 2.05) is 0 Å². The van der Waals surface area contributed by atoms with E-state index in [4.69, 9.17) is 15.2 Å². The number of alkyl carbamates (subject to hydrolysis) is 1. The van der Waals surface area contributed by atoms with E-state index >= 15 is 0 Å². The number of ether oxygens (including phenoxy) is 2. The zero-order valence-corrected chi connectivity index (χ0v) is 12.1. The van der Waals surface area contributed by atoms with Gasteiger partial charge in [0, 0.05) is 0 Å². The topological polar surface area (TPSA) is 90.6 Å². The van der Waals surface area contributed by atoms with Gasteiger partial charge in [-0.05, 0) is 46.5 Å². The number of carbonyl (C=O) groups is 2. The van der Waals surface area contributed by atoms with Crippen LogP contribution in [0.3, 0.4) is 0 Å². The van der Waals surface area contributed by atoms with E-state index < -0.39 is 29.7 Å². The summed E-state index contributed by atoms with van der Waals surface area (Å²) in [5, 5.41) is 2.69. The molecule has 19 heavy (non-hydrogen) atoms. The summed E-state index contributed by atoms with van der Waals surface area (Å²) in [6.07, 6.45) is 1.35. The normalized spacial score (nSPS) is 18.4. The van der Waals surface area contributed by atoms with E-state index in [2.05, 4.69) is 5.32 Å². The van der Waals surface area contributed by atoms with Gasteiger partial charge in [-0.2, -0.15) is 0 Å². The summed E-state index contributed by atoms with van der Waals surface area (Å²) in [5.41, 5.74) is 5.28. The van der Waals surface area contributed by atoms with Crippen molar-refractivity contribution in [1.29, 1.82) is 0 Å². The van der Waals surface area contributed by atoms with Gasteiger partial charge in [0.1, 0.15) is 11.6 Å².